The van der Waals surface area contributed by atoms with E-state index in [0.29, 0.717) is 26.2 Å². The second-order valence-electron chi connectivity index (χ2n) is 4.95. The van der Waals surface area contributed by atoms with Gasteiger partial charge in [-0.3, -0.25) is 4.79 Å². The summed E-state index contributed by atoms with van der Waals surface area (Å²) >= 11 is 0. The molecule has 0 heterocycles. The molecule has 0 bridgehead atoms. The zero-order chi connectivity index (χ0) is 14.9. The van der Waals surface area contributed by atoms with Gasteiger partial charge in [0.1, 0.15) is 0 Å². The molecule has 0 unspecified atom stereocenters. The fraction of sp³-hybridized carbons (Fsp3) is 0.353. The smallest absolute Gasteiger partial charge is 0.233 e. The van der Waals surface area contributed by atoms with E-state index in [1.54, 1.807) is 7.11 Å². The molecule has 4 nitrogen and oxygen atoms in total. The Balaban J connectivity index is 0.00000242. The number of ether oxygens (including phenoxy) is 1. The van der Waals surface area contributed by atoms with Crippen molar-refractivity contribution in [1.29, 1.82) is 0 Å². The highest BCUT2D eigenvalue weighted by Gasteiger charge is 2.01. The van der Waals surface area contributed by atoms with Gasteiger partial charge in [-0.1, -0.05) is 42.5 Å². The Morgan fingerprint density at radius 2 is 1.86 bits per heavy atom. The standard InChI is InChI=1S/C17H22N2O2.ClH/c1-21-11-10-18-13-17(20)19-9-8-14-6-7-15-4-2-3-5-16(15)12-14;/h2-7,12,18H,8-11,13H2,1H3,(H,19,20);1H. The van der Waals surface area contributed by atoms with Gasteiger partial charge in [0, 0.05) is 20.2 Å². The van der Waals surface area contributed by atoms with Gasteiger partial charge in [-0.05, 0) is 22.8 Å². The lowest BCUT2D eigenvalue weighted by atomic mass is 10.1. The van der Waals surface area contributed by atoms with Crippen molar-refractivity contribution in [2.24, 2.45) is 0 Å². The summed E-state index contributed by atoms with van der Waals surface area (Å²) < 4.78 is 4.90. The fourth-order valence-corrected chi connectivity index (χ4v) is 2.18. The lowest BCUT2D eigenvalue weighted by Crippen LogP contribution is -2.36. The third-order valence-electron chi connectivity index (χ3n) is 3.32. The summed E-state index contributed by atoms with van der Waals surface area (Å²) in [6, 6.07) is 14.7. The van der Waals surface area contributed by atoms with Crippen LogP contribution in [0.25, 0.3) is 10.8 Å². The molecule has 0 spiro atoms. The molecule has 2 rings (SSSR count). The lowest BCUT2D eigenvalue weighted by Gasteiger charge is -2.07. The van der Waals surface area contributed by atoms with Crippen LogP contribution in [-0.2, 0) is 16.0 Å². The average molecular weight is 323 g/mol. The van der Waals surface area contributed by atoms with Gasteiger partial charge < -0.3 is 15.4 Å². The molecule has 5 heteroatoms. The molecule has 0 saturated carbocycles. The van der Waals surface area contributed by atoms with Crippen LogP contribution in [0.1, 0.15) is 5.56 Å². The third-order valence-corrected chi connectivity index (χ3v) is 3.32. The first kappa shape index (κ1) is 18.4. The Hall–Kier alpha value is -1.62. The second kappa shape index (κ2) is 10.2. The van der Waals surface area contributed by atoms with E-state index in [1.807, 2.05) is 12.1 Å². The van der Waals surface area contributed by atoms with Gasteiger partial charge in [0.05, 0.1) is 13.2 Å². The monoisotopic (exact) mass is 322 g/mol. The molecule has 0 fully saturated rings. The highest BCUT2D eigenvalue weighted by molar-refractivity contribution is 5.85. The van der Waals surface area contributed by atoms with Gasteiger partial charge in [0.15, 0.2) is 0 Å². The maximum absolute atomic E-state index is 11.6. The number of halogens is 1. The molecular weight excluding hydrogens is 300 g/mol. The van der Waals surface area contributed by atoms with Crippen molar-refractivity contribution in [2.75, 3.05) is 33.4 Å². The number of hydrogen-bond acceptors (Lipinski definition) is 3. The minimum absolute atomic E-state index is 0. The lowest BCUT2D eigenvalue weighted by molar-refractivity contribution is -0.120. The van der Waals surface area contributed by atoms with Crippen LogP contribution in [0.5, 0.6) is 0 Å². The number of amides is 1. The van der Waals surface area contributed by atoms with E-state index in [4.69, 9.17) is 4.74 Å². The summed E-state index contributed by atoms with van der Waals surface area (Å²) in [6.45, 7) is 2.29. The number of methoxy groups -OCH3 is 1. The molecule has 22 heavy (non-hydrogen) atoms. The molecule has 2 N–H and O–H groups in total. The van der Waals surface area contributed by atoms with Gasteiger partial charge in [0.25, 0.3) is 0 Å². The number of carbonyl (C=O) groups excluding carboxylic acids is 1. The number of hydrogen-bond donors (Lipinski definition) is 2. The van der Waals surface area contributed by atoms with Crippen LogP contribution in [0.3, 0.4) is 0 Å². The third kappa shape index (κ3) is 6.02. The maximum Gasteiger partial charge on any atom is 0.233 e. The van der Waals surface area contributed by atoms with Crippen LogP contribution in [0.4, 0.5) is 0 Å². The predicted molar refractivity (Wildman–Crippen MR) is 92.7 cm³/mol. The van der Waals surface area contributed by atoms with E-state index >= 15 is 0 Å². The van der Waals surface area contributed by atoms with Crippen molar-refractivity contribution < 1.29 is 9.53 Å². The van der Waals surface area contributed by atoms with E-state index < -0.39 is 0 Å². The summed E-state index contributed by atoms with van der Waals surface area (Å²) in [5, 5.41) is 8.42. The van der Waals surface area contributed by atoms with Crippen LogP contribution in [0, 0.1) is 0 Å². The number of benzene rings is 2. The topological polar surface area (TPSA) is 50.4 Å². The van der Waals surface area contributed by atoms with Crippen molar-refractivity contribution in [1.82, 2.24) is 10.6 Å². The zero-order valence-corrected chi connectivity index (χ0v) is 13.6. The largest absolute Gasteiger partial charge is 0.383 e. The first-order valence-corrected chi connectivity index (χ1v) is 7.23. The number of carbonyl (C=O) groups is 1. The molecule has 0 aromatic heterocycles. The van der Waals surface area contributed by atoms with Crippen LogP contribution in [0.2, 0.25) is 0 Å². The Kier molecular flexibility index (Phi) is 8.51. The van der Waals surface area contributed by atoms with Crippen molar-refractivity contribution in [3.63, 3.8) is 0 Å². The summed E-state index contributed by atoms with van der Waals surface area (Å²) in [5.74, 6) is 0.0203. The van der Waals surface area contributed by atoms with E-state index in [0.717, 1.165) is 6.42 Å². The van der Waals surface area contributed by atoms with Gasteiger partial charge in [0.2, 0.25) is 5.91 Å². The Bertz CT molecular complexity index is 590. The zero-order valence-electron chi connectivity index (χ0n) is 12.8. The van der Waals surface area contributed by atoms with E-state index in [2.05, 4.69) is 41.0 Å². The molecule has 0 radical (unpaired) electrons. The normalized spacial score (nSPS) is 10.2. The highest BCUT2D eigenvalue weighted by atomic mass is 35.5. The molecule has 0 atom stereocenters. The minimum Gasteiger partial charge on any atom is -0.383 e. The van der Waals surface area contributed by atoms with Gasteiger partial charge >= 0.3 is 0 Å². The highest BCUT2D eigenvalue weighted by Crippen LogP contribution is 2.15. The Morgan fingerprint density at radius 1 is 1.09 bits per heavy atom. The summed E-state index contributed by atoms with van der Waals surface area (Å²) in [4.78, 5) is 11.6. The van der Waals surface area contributed by atoms with Crippen LogP contribution in [0.15, 0.2) is 42.5 Å². The molecule has 0 aliphatic carbocycles. The Labute approximate surface area is 137 Å². The molecule has 0 aliphatic rings. The summed E-state index contributed by atoms with van der Waals surface area (Å²) in [5.41, 5.74) is 1.24. The fourth-order valence-electron chi connectivity index (χ4n) is 2.18. The number of rotatable bonds is 8. The van der Waals surface area contributed by atoms with Gasteiger partial charge in [-0.2, -0.15) is 0 Å². The van der Waals surface area contributed by atoms with E-state index in [1.165, 1.54) is 16.3 Å². The molecular formula is C17H23ClN2O2. The van der Waals surface area contributed by atoms with Crippen molar-refractivity contribution in [3.8, 4) is 0 Å². The second-order valence-corrected chi connectivity index (χ2v) is 4.95. The molecule has 120 valence electrons. The van der Waals surface area contributed by atoms with Gasteiger partial charge in [-0.25, -0.2) is 0 Å². The number of nitrogens with one attached hydrogen (secondary N) is 2. The van der Waals surface area contributed by atoms with E-state index in [-0.39, 0.29) is 18.3 Å². The van der Waals surface area contributed by atoms with Crippen LogP contribution < -0.4 is 10.6 Å². The van der Waals surface area contributed by atoms with Crippen molar-refractivity contribution in [3.05, 3.63) is 48.0 Å². The predicted octanol–water partition coefficient (Wildman–Crippen LogP) is 2.16. The maximum atomic E-state index is 11.6. The molecule has 0 aliphatic heterocycles. The first-order valence-electron chi connectivity index (χ1n) is 7.23. The minimum atomic E-state index is 0. The SMILES string of the molecule is COCCNCC(=O)NCCc1ccc2ccccc2c1.Cl. The molecule has 2 aromatic rings. The first-order chi connectivity index (χ1) is 10.3. The molecule has 1 amide bonds. The van der Waals surface area contributed by atoms with Gasteiger partial charge in [-0.15, -0.1) is 12.4 Å². The summed E-state index contributed by atoms with van der Waals surface area (Å²) in [7, 11) is 1.64. The van der Waals surface area contributed by atoms with Crippen LogP contribution >= 0.6 is 12.4 Å². The molecule has 2 aromatic carbocycles. The molecule has 0 saturated heterocycles. The summed E-state index contributed by atoms with van der Waals surface area (Å²) in [6.07, 6.45) is 0.842. The quantitative estimate of drug-likeness (QED) is 0.732. The van der Waals surface area contributed by atoms with Crippen molar-refractivity contribution in [2.45, 2.75) is 6.42 Å². The average Bonchev–Trinajstić information content (AvgIpc) is 2.51. The Morgan fingerprint density at radius 3 is 2.64 bits per heavy atom. The van der Waals surface area contributed by atoms with Crippen LogP contribution in [-0.4, -0.2) is 39.3 Å². The van der Waals surface area contributed by atoms with E-state index in [9.17, 15) is 4.79 Å². The van der Waals surface area contributed by atoms with Crippen molar-refractivity contribution >= 4 is 29.1 Å². The number of fused-ring (bicyclic) bond motifs is 1.